The predicted molar refractivity (Wildman–Crippen MR) is 112 cm³/mol. The second-order valence-corrected chi connectivity index (χ2v) is 13.5. The Balaban J connectivity index is 2.95. The average Bonchev–Trinajstić information content (AvgIpc) is 2.49. The molecular weight excluding hydrogens is 395 g/mol. The van der Waals surface area contributed by atoms with Gasteiger partial charge in [-0.15, -0.1) is 0 Å². The quantitative estimate of drug-likeness (QED) is 0.505. The number of hydrogen-bond donors (Lipinski definition) is 1. The van der Waals surface area contributed by atoms with Gasteiger partial charge >= 0.3 is 7.05 Å². The van der Waals surface area contributed by atoms with Crippen molar-refractivity contribution in [3.8, 4) is 6.07 Å². The van der Waals surface area contributed by atoms with Crippen LogP contribution in [0.4, 0.5) is 5.69 Å². The molecule has 7 heteroatoms. The van der Waals surface area contributed by atoms with Crippen molar-refractivity contribution in [2.24, 2.45) is 0 Å². The topological polar surface area (TPSA) is 56.5 Å². The SMILES string of the molecule is C=C(CO[Si](C)(C)C(C)(C)C)CN(B(C)O)c1c(Br)cccc1C#N. The molecule has 0 heterocycles. The minimum absolute atomic E-state index is 0.133. The molecule has 1 rings (SSSR count). The van der Waals surface area contributed by atoms with E-state index in [9.17, 15) is 10.3 Å². The first-order valence-corrected chi connectivity index (χ1v) is 12.0. The summed E-state index contributed by atoms with van der Waals surface area (Å²) in [7, 11) is -2.61. The van der Waals surface area contributed by atoms with Gasteiger partial charge in [-0.1, -0.05) is 33.4 Å². The second kappa shape index (κ2) is 8.54. The van der Waals surface area contributed by atoms with Crippen LogP contribution in [0.3, 0.4) is 0 Å². The van der Waals surface area contributed by atoms with Gasteiger partial charge < -0.3 is 14.3 Å². The Hall–Kier alpha value is -1.07. The van der Waals surface area contributed by atoms with Crippen LogP contribution in [0.5, 0.6) is 0 Å². The van der Waals surface area contributed by atoms with Crippen molar-refractivity contribution < 1.29 is 9.45 Å². The number of nitriles is 1. The molecule has 136 valence electrons. The Morgan fingerprint density at radius 2 is 2.04 bits per heavy atom. The van der Waals surface area contributed by atoms with E-state index in [1.807, 2.05) is 12.1 Å². The van der Waals surface area contributed by atoms with Crippen LogP contribution in [0, 0.1) is 11.3 Å². The molecule has 25 heavy (non-hydrogen) atoms. The molecular formula is C18H28BBrN2O2Si. The Bertz CT molecular complexity index is 666. The molecule has 4 nitrogen and oxygen atoms in total. The zero-order valence-corrected chi connectivity index (χ0v) is 18.6. The van der Waals surface area contributed by atoms with Crippen molar-refractivity contribution in [2.45, 2.75) is 45.7 Å². The fourth-order valence-corrected chi connectivity index (χ4v) is 3.67. The van der Waals surface area contributed by atoms with E-state index in [-0.39, 0.29) is 5.04 Å². The summed E-state index contributed by atoms with van der Waals surface area (Å²) in [6.45, 7) is 17.7. The largest absolute Gasteiger partial charge is 0.432 e. The van der Waals surface area contributed by atoms with Crippen LogP contribution in [-0.2, 0) is 4.43 Å². The normalized spacial score (nSPS) is 11.8. The number of rotatable bonds is 7. The van der Waals surface area contributed by atoms with Gasteiger partial charge in [0.15, 0.2) is 8.32 Å². The minimum Gasteiger partial charge on any atom is -0.432 e. The van der Waals surface area contributed by atoms with Crippen molar-refractivity contribution >= 4 is 37.0 Å². The number of para-hydroxylation sites is 1. The maximum atomic E-state index is 10.2. The number of hydrogen-bond acceptors (Lipinski definition) is 4. The molecule has 0 saturated carbocycles. The summed E-state index contributed by atoms with van der Waals surface area (Å²) in [6.07, 6.45) is 0. The molecule has 0 aliphatic heterocycles. The van der Waals surface area contributed by atoms with Crippen molar-refractivity contribution in [1.82, 2.24) is 0 Å². The molecule has 0 spiro atoms. The van der Waals surface area contributed by atoms with Crippen molar-refractivity contribution in [2.75, 3.05) is 18.0 Å². The lowest BCUT2D eigenvalue weighted by molar-refractivity contribution is 0.317. The van der Waals surface area contributed by atoms with Crippen LogP contribution < -0.4 is 4.81 Å². The Kier molecular flexibility index (Phi) is 7.51. The van der Waals surface area contributed by atoms with Gasteiger partial charge in [0.2, 0.25) is 0 Å². The molecule has 0 fully saturated rings. The molecule has 0 saturated heterocycles. The first-order valence-electron chi connectivity index (χ1n) is 8.34. The van der Waals surface area contributed by atoms with Gasteiger partial charge in [-0.3, -0.25) is 0 Å². The van der Waals surface area contributed by atoms with E-state index in [2.05, 4.69) is 62.4 Å². The molecule has 1 aromatic carbocycles. The number of benzene rings is 1. The van der Waals surface area contributed by atoms with Crippen molar-refractivity contribution in [3.05, 3.63) is 40.4 Å². The summed E-state index contributed by atoms with van der Waals surface area (Å²) in [4.78, 5) is 1.76. The summed E-state index contributed by atoms with van der Waals surface area (Å²) in [5, 5.41) is 19.8. The van der Waals surface area contributed by atoms with E-state index in [1.54, 1.807) is 17.7 Å². The van der Waals surface area contributed by atoms with E-state index in [1.165, 1.54) is 0 Å². The van der Waals surface area contributed by atoms with Crippen LogP contribution >= 0.6 is 15.9 Å². The molecule has 0 aliphatic carbocycles. The molecule has 0 bridgehead atoms. The highest BCUT2D eigenvalue weighted by Crippen LogP contribution is 2.37. The van der Waals surface area contributed by atoms with E-state index in [0.717, 1.165) is 10.0 Å². The maximum absolute atomic E-state index is 10.2. The fraction of sp³-hybridized carbons (Fsp3) is 0.500. The maximum Gasteiger partial charge on any atom is 0.409 e. The van der Waals surface area contributed by atoms with Crippen molar-refractivity contribution in [3.63, 3.8) is 0 Å². The molecule has 0 atom stereocenters. The highest BCUT2D eigenvalue weighted by molar-refractivity contribution is 9.10. The molecule has 0 amide bonds. The first-order chi connectivity index (χ1) is 11.4. The minimum atomic E-state index is -1.86. The van der Waals surface area contributed by atoms with Crippen LogP contribution in [-0.4, -0.2) is 33.5 Å². The zero-order chi connectivity index (χ0) is 19.4. The number of halogens is 1. The average molecular weight is 423 g/mol. The van der Waals surface area contributed by atoms with Gasteiger partial charge in [0, 0.05) is 11.0 Å². The van der Waals surface area contributed by atoms with Crippen LogP contribution in [0.25, 0.3) is 0 Å². The molecule has 1 N–H and O–H groups in total. The summed E-state index contributed by atoms with van der Waals surface area (Å²) in [5.41, 5.74) is 2.05. The summed E-state index contributed by atoms with van der Waals surface area (Å²) < 4.78 is 6.98. The molecule has 0 radical (unpaired) electrons. The predicted octanol–water partition coefficient (Wildman–Crippen LogP) is 4.82. The van der Waals surface area contributed by atoms with Gasteiger partial charge in [-0.05, 0) is 58.6 Å². The number of nitrogens with zero attached hydrogens (tertiary/aromatic N) is 2. The van der Waals surface area contributed by atoms with Crippen molar-refractivity contribution in [1.29, 1.82) is 5.26 Å². The van der Waals surface area contributed by atoms with E-state index >= 15 is 0 Å². The monoisotopic (exact) mass is 422 g/mol. The molecule has 1 aromatic rings. The van der Waals surface area contributed by atoms with Gasteiger partial charge in [0.25, 0.3) is 0 Å². The Morgan fingerprint density at radius 3 is 2.52 bits per heavy atom. The fourth-order valence-electron chi connectivity index (χ4n) is 2.08. The smallest absolute Gasteiger partial charge is 0.409 e. The van der Waals surface area contributed by atoms with Crippen LogP contribution in [0.15, 0.2) is 34.8 Å². The highest BCUT2D eigenvalue weighted by Gasteiger charge is 2.37. The third kappa shape index (κ3) is 5.71. The summed E-state index contributed by atoms with van der Waals surface area (Å²) in [5.74, 6) is 0. The van der Waals surface area contributed by atoms with Gasteiger partial charge in [-0.25, -0.2) is 0 Å². The highest BCUT2D eigenvalue weighted by atomic mass is 79.9. The lowest BCUT2D eigenvalue weighted by Crippen LogP contribution is -2.43. The molecule has 0 unspecified atom stereocenters. The second-order valence-electron chi connectivity index (χ2n) is 7.81. The van der Waals surface area contributed by atoms with Crippen LogP contribution in [0.2, 0.25) is 25.0 Å². The first kappa shape index (κ1) is 22.0. The summed E-state index contributed by atoms with van der Waals surface area (Å²) >= 11 is 3.49. The van der Waals surface area contributed by atoms with Crippen LogP contribution in [0.1, 0.15) is 26.3 Å². The van der Waals surface area contributed by atoms with E-state index in [4.69, 9.17) is 4.43 Å². The molecule has 0 aliphatic rings. The standard InChI is InChI=1S/C18H28BBrN2O2Si/c1-14(13-24-25(6,7)18(2,3)4)12-22(19(5)23)17-15(11-21)9-8-10-16(17)20/h8-10,23H,1,12-13H2,2-7H3. The van der Waals surface area contributed by atoms with Gasteiger partial charge in [0.1, 0.15) is 6.07 Å². The lowest BCUT2D eigenvalue weighted by atomic mass is 9.83. The third-order valence-electron chi connectivity index (χ3n) is 4.68. The summed E-state index contributed by atoms with van der Waals surface area (Å²) in [6, 6.07) is 7.59. The lowest BCUT2D eigenvalue weighted by Gasteiger charge is -2.37. The third-order valence-corrected chi connectivity index (χ3v) is 9.80. The Morgan fingerprint density at radius 1 is 1.44 bits per heavy atom. The van der Waals surface area contributed by atoms with Gasteiger partial charge in [-0.2, -0.15) is 5.26 Å². The molecule has 0 aromatic heterocycles. The van der Waals surface area contributed by atoms with E-state index in [0.29, 0.717) is 24.4 Å². The zero-order valence-electron chi connectivity index (χ0n) is 16.1. The van der Waals surface area contributed by atoms with Gasteiger partial charge in [0.05, 0.1) is 17.9 Å². The Labute approximate surface area is 161 Å². The number of anilines is 1. The van der Waals surface area contributed by atoms with E-state index < -0.39 is 15.4 Å².